The van der Waals surface area contributed by atoms with Crippen LogP contribution in [-0.4, -0.2) is 58.6 Å². The molecule has 2 atom stereocenters. The summed E-state index contributed by atoms with van der Waals surface area (Å²) in [6.45, 7) is 4.84. The van der Waals surface area contributed by atoms with Crippen LogP contribution in [0.1, 0.15) is 33.6 Å². The Labute approximate surface area is 218 Å². The van der Waals surface area contributed by atoms with Gasteiger partial charge in [0.15, 0.2) is 6.61 Å². The number of piperidine rings is 1. The fraction of sp³-hybridized carbons (Fsp3) is 0.417. The van der Waals surface area contributed by atoms with Gasteiger partial charge >= 0.3 is 6.09 Å². The number of amides is 3. The van der Waals surface area contributed by atoms with Gasteiger partial charge in [0.05, 0.1) is 10.0 Å². The van der Waals surface area contributed by atoms with Crippen molar-refractivity contribution in [3.63, 3.8) is 0 Å². The normalized spacial score (nSPS) is 17.8. The van der Waals surface area contributed by atoms with Crippen molar-refractivity contribution in [3.05, 3.63) is 52.4 Å². The van der Waals surface area contributed by atoms with Gasteiger partial charge < -0.3 is 20.1 Å². The summed E-state index contributed by atoms with van der Waals surface area (Å²) in [6, 6.07) is 5.71. The minimum atomic E-state index is -0.834. The largest absolute Gasteiger partial charge is 0.484 e. The Balaban J connectivity index is 1.64. The van der Waals surface area contributed by atoms with E-state index in [4.69, 9.17) is 32.7 Å². The highest BCUT2D eigenvalue weighted by atomic mass is 35.5. The predicted octanol–water partition coefficient (Wildman–Crippen LogP) is 4.43. The van der Waals surface area contributed by atoms with Crippen LogP contribution < -0.4 is 15.4 Å². The second kappa shape index (κ2) is 11.7. The molecule has 1 aliphatic rings. The lowest BCUT2D eigenvalue weighted by molar-refractivity contribution is -0.125. The monoisotopic (exact) mass is 540 g/mol. The van der Waals surface area contributed by atoms with E-state index < -0.39 is 41.4 Å². The van der Waals surface area contributed by atoms with Crippen molar-refractivity contribution in [1.82, 2.24) is 15.2 Å². The van der Waals surface area contributed by atoms with Crippen molar-refractivity contribution in [1.29, 1.82) is 0 Å². The van der Waals surface area contributed by atoms with Gasteiger partial charge in [-0.25, -0.2) is 14.2 Å². The van der Waals surface area contributed by atoms with E-state index in [1.54, 1.807) is 32.9 Å². The number of nitrogens with zero attached hydrogens (tertiary/aromatic N) is 2. The molecule has 2 aromatic rings. The summed E-state index contributed by atoms with van der Waals surface area (Å²) in [5.41, 5.74) is -0.784. The third-order valence-corrected chi connectivity index (χ3v) is 5.65. The van der Waals surface area contributed by atoms with Crippen LogP contribution in [0.2, 0.25) is 10.0 Å². The molecule has 0 bridgehead atoms. The zero-order valence-corrected chi connectivity index (χ0v) is 21.5. The molecule has 1 fully saturated rings. The molecule has 0 aliphatic carbocycles. The van der Waals surface area contributed by atoms with Crippen LogP contribution in [0.5, 0.6) is 5.75 Å². The van der Waals surface area contributed by atoms with Crippen LogP contribution in [0, 0.1) is 5.82 Å². The van der Waals surface area contributed by atoms with E-state index >= 15 is 0 Å². The fourth-order valence-corrected chi connectivity index (χ4v) is 3.76. The van der Waals surface area contributed by atoms with E-state index in [-0.39, 0.29) is 30.3 Å². The number of benzene rings is 1. The van der Waals surface area contributed by atoms with Crippen LogP contribution in [0.4, 0.5) is 15.0 Å². The number of hydrogen-bond acceptors (Lipinski definition) is 6. The number of carbonyl (C=O) groups excluding carboxylic acids is 3. The first-order valence-corrected chi connectivity index (χ1v) is 12.0. The zero-order valence-electron chi connectivity index (χ0n) is 20.0. The molecule has 0 spiro atoms. The average molecular weight is 541 g/mol. The van der Waals surface area contributed by atoms with Gasteiger partial charge in [-0.15, -0.1) is 0 Å². The molecule has 2 heterocycles. The van der Waals surface area contributed by atoms with Crippen LogP contribution in [0.3, 0.4) is 0 Å². The Morgan fingerprint density at radius 1 is 1.17 bits per heavy atom. The lowest BCUT2D eigenvalue weighted by Crippen LogP contribution is -2.58. The molecule has 194 valence electrons. The summed E-state index contributed by atoms with van der Waals surface area (Å²) in [6.07, 6.45) is 1.41. The third-order valence-electron chi connectivity index (χ3n) is 5.12. The number of carbonyl (C=O) groups is 3. The second-order valence-corrected chi connectivity index (χ2v) is 10.0. The maximum absolute atomic E-state index is 13.6. The Hall–Kier alpha value is -3.11. The van der Waals surface area contributed by atoms with Gasteiger partial charge in [-0.2, -0.15) is 0 Å². The minimum absolute atomic E-state index is 0.0440. The number of halogens is 3. The third kappa shape index (κ3) is 7.96. The number of pyridine rings is 1. The van der Waals surface area contributed by atoms with Gasteiger partial charge in [-0.05, 0) is 57.9 Å². The van der Waals surface area contributed by atoms with Crippen LogP contribution in [0.25, 0.3) is 0 Å². The quantitative estimate of drug-likeness (QED) is 0.560. The maximum atomic E-state index is 13.6. The summed E-state index contributed by atoms with van der Waals surface area (Å²) in [4.78, 5) is 43.7. The van der Waals surface area contributed by atoms with Crippen molar-refractivity contribution in [2.45, 2.75) is 51.3 Å². The molecule has 9 nitrogen and oxygen atoms in total. The zero-order chi connectivity index (χ0) is 26.5. The number of nitrogens with one attached hydrogen (secondary N) is 2. The average Bonchev–Trinajstić information content (AvgIpc) is 2.80. The van der Waals surface area contributed by atoms with Crippen molar-refractivity contribution < 1.29 is 28.2 Å². The minimum Gasteiger partial charge on any atom is -0.484 e. The van der Waals surface area contributed by atoms with Crippen molar-refractivity contribution in [2.24, 2.45) is 0 Å². The molecule has 1 aromatic heterocycles. The van der Waals surface area contributed by atoms with E-state index in [0.717, 1.165) is 6.07 Å². The maximum Gasteiger partial charge on any atom is 0.411 e. The predicted molar refractivity (Wildman–Crippen MR) is 133 cm³/mol. The van der Waals surface area contributed by atoms with E-state index in [2.05, 4.69) is 15.6 Å². The highest BCUT2D eigenvalue weighted by molar-refractivity contribution is 6.30. The summed E-state index contributed by atoms with van der Waals surface area (Å²) < 4.78 is 24.4. The number of rotatable bonds is 6. The number of aromatic nitrogens is 1. The van der Waals surface area contributed by atoms with Crippen LogP contribution in [0.15, 0.2) is 36.5 Å². The Bertz CT molecular complexity index is 1110. The SMILES string of the molecule is CC(C)(C)OC(=O)N1CC(NC(=O)COc2ccc(Cl)c(F)c2)CCC1C(=O)Nc1ccc(Cl)cn1. The summed E-state index contributed by atoms with van der Waals surface area (Å²) >= 11 is 11.5. The summed E-state index contributed by atoms with van der Waals surface area (Å²) in [5.74, 6) is -1.12. The van der Waals surface area contributed by atoms with E-state index in [1.807, 2.05) is 0 Å². The molecule has 3 amide bonds. The van der Waals surface area contributed by atoms with Gasteiger partial charge in [-0.1, -0.05) is 23.2 Å². The van der Waals surface area contributed by atoms with Crippen molar-refractivity contribution in [2.75, 3.05) is 18.5 Å². The molecule has 1 aliphatic heterocycles. The number of ether oxygens (including phenoxy) is 2. The molecule has 36 heavy (non-hydrogen) atoms. The van der Waals surface area contributed by atoms with Gasteiger partial charge in [0.1, 0.15) is 29.0 Å². The van der Waals surface area contributed by atoms with Gasteiger partial charge in [0, 0.05) is 24.8 Å². The molecule has 0 saturated carbocycles. The summed E-state index contributed by atoms with van der Waals surface area (Å²) in [7, 11) is 0. The molecule has 2 unspecified atom stereocenters. The number of hydrogen-bond donors (Lipinski definition) is 2. The van der Waals surface area contributed by atoms with Crippen molar-refractivity contribution in [3.8, 4) is 5.75 Å². The summed E-state index contributed by atoms with van der Waals surface area (Å²) in [5, 5.41) is 5.84. The Morgan fingerprint density at radius 3 is 2.56 bits per heavy atom. The number of anilines is 1. The second-order valence-electron chi connectivity index (χ2n) is 9.21. The van der Waals surface area contributed by atoms with E-state index in [9.17, 15) is 18.8 Å². The molecular weight excluding hydrogens is 514 g/mol. The first-order chi connectivity index (χ1) is 16.9. The van der Waals surface area contributed by atoms with Crippen molar-refractivity contribution >= 4 is 46.9 Å². The molecule has 12 heteroatoms. The molecular formula is C24H27Cl2FN4O5. The topological polar surface area (TPSA) is 110 Å². The lowest BCUT2D eigenvalue weighted by Gasteiger charge is -2.39. The van der Waals surface area contributed by atoms with Gasteiger partial charge in [0.2, 0.25) is 5.91 Å². The van der Waals surface area contributed by atoms with E-state index in [0.29, 0.717) is 17.3 Å². The Morgan fingerprint density at radius 2 is 1.92 bits per heavy atom. The molecule has 1 aromatic carbocycles. The highest BCUT2D eigenvalue weighted by Crippen LogP contribution is 2.23. The fourth-order valence-electron chi connectivity index (χ4n) is 3.53. The standard InChI is InChI=1S/C24H27Cl2FN4O5/c1-24(2,3)36-23(34)31-12-15(29-21(32)13-35-16-6-7-17(26)18(27)10-16)5-8-19(31)22(33)30-20-9-4-14(25)11-28-20/h4,6-7,9-11,15,19H,5,8,12-13H2,1-3H3,(H,29,32)(H,28,30,33). The number of likely N-dealkylation sites (tertiary alicyclic amines) is 1. The molecule has 2 N–H and O–H groups in total. The highest BCUT2D eigenvalue weighted by Gasteiger charge is 2.38. The first kappa shape index (κ1) is 27.5. The van der Waals surface area contributed by atoms with Crippen LogP contribution in [-0.2, 0) is 14.3 Å². The Kier molecular flexibility index (Phi) is 8.97. The van der Waals surface area contributed by atoms with E-state index in [1.165, 1.54) is 23.2 Å². The molecule has 0 radical (unpaired) electrons. The lowest BCUT2D eigenvalue weighted by atomic mass is 9.97. The molecule has 3 rings (SSSR count). The van der Waals surface area contributed by atoms with Gasteiger partial charge in [-0.3, -0.25) is 14.5 Å². The van der Waals surface area contributed by atoms with Crippen LogP contribution >= 0.6 is 23.2 Å². The first-order valence-electron chi connectivity index (χ1n) is 11.2. The smallest absolute Gasteiger partial charge is 0.411 e. The van der Waals surface area contributed by atoms with Gasteiger partial charge in [0.25, 0.3) is 5.91 Å². The molecule has 1 saturated heterocycles.